The molecule has 0 aliphatic rings. The van der Waals surface area contributed by atoms with Crippen LogP contribution >= 0.6 is 0 Å². The number of hydrogen-bond donors (Lipinski definition) is 2. The van der Waals surface area contributed by atoms with Gasteiger partial charge in [0, 0.05) is 35.8 Å². The number of nitrogens with one attached hydrogen (secondary N) is 1. The van der Waals surface area contributed by atoms with Gasteiger partial charge in [-0.2, -0.15) is 0 Å². The molecule has 0 aliphatic carbocycles. The van der Waals surface area contributed by atoms with Crippen molar-refractivity contribution in [1.82, 2.24) is 24.5 Å². The van der Waals surface area contributed by atoms with Gasteiger partial charge in [-0.3, -0.25) is 4.79 Å². The molecule has 0 aliphatic heterocycles. The summed E-state index contributed by atoms with van der Waals surface area (Å²) in [6.45, 7) is 6.95. The van der Waals surface area contributed by atoms with Crippen molar-refractivity contribution in [2.24, 2.45) is 7.05 Å². The van der Waals surface area contributed by atoms with Crippen LogP contribution in [0.1, 0.15) is 12.6 Å². The van der Waals surface area contributed by atoms with Crippen LogP contribution in [0.25, 0.3) is 33.4 Å². The minimum Gasteiger partial charge on any atom is -0.418 e. The Labute approximate surface area is 222 Å². The van der Waals surface area contributed by atoms with E-state index in [1.165, 1.54) is 12.5 Å². The van der Waals surface area contributed by atoms with Crippen LogP contribution in [0.4, 0.5) is 20.3 Å². The number of aryl methyl sites for hydroxylation is 2. The molecule has 0 atom stereocenters. The second kappa shape index (κ2) is 9.93. The maximum absolute atomic E-state index is 15.3. The van der Waals surface area contributed by atoms with E-state index in [1.54, 1.807) is 55.8 Å². The Bertz CT molecular complexity index is 1740. The number of ether oxygens (including phenoxy) is 1. The third kappa shape index (κ3) is 4.77. The van der Waals surface area contributed by atoms with Crippen molar-refractivity contribution < 1.29 is 18.3 Å². The van der Waals surface area contributed by atoms with Crippen LogP contribution in [0.15, 0.2) is 67.1 Å². The smallest absolute Gasteiger partial charge is 0.322 e. The lowest BCUT2D eigenvalue weighted by Crippen LogP contribution is -2.11. The van der Waals surface area contributed by atoms with Crippen molar-refractivity contribution in [2.75, 3.05) is 11.1 Å². The van der Waals surface area contributed by atoms with Gasteiger partial charge in [0.2, 0.25) is 5.75 Å². The zero-order valence-electron chi connectivity index (χ0n) is 21.3. The highest BCUT2D eigenvalue weighted by atomic mass is 19.1. The zero-order valence-corrected chi connectivity index (χ0v) is 21.3. The average Bonchev–Trinajstić information content (AvgIpc) is 3.20. The highest BCUT2D eigenvalue weighted by Gasteiger charge is 2.25. The molecule has 2 aromatic carbocycles. The van der Waals surface area contributed by atoms with E-state index in [-0.39, 0.29) is 23.3 Å². The number of nitrogens with zero attached hydrogens (tertiary/aromatic N) is 5. The van der Waals surface area contributed by atoms with E-state index < -0.39 is 17.4 Å². The third-order valence-corrected chi connectivity index (χ3v) is 6.05. The summed E-state index contributed by atoms with van der Waals surface area (Å²) in [5.74, 6) is -2.69. The van der Waals surface area contributed by atoms with Crippen LogP contribution in [-0.2, 0) is 11.8 Å². The maximum Gasteiger partial charge on any atom is 0.322 e. The van der Waals surface area contributed by atoms with Gasteiger partial charge in [-0.05, 0) is 55.3 Å². The van der Waals surface area contributed by atoms with Crippen LogP contribution in [0.2, 0.25) is 0 Å². The van der Waals surface area contributed by atoms with Gasteiger partial charge < -0.3 is 20.4 Å². The van der Waals surface area contributed by atoms with Crippen LogP contribution in [0.3, 0.4) is 0 Å². The number of hydrogen-bond acceptors (Lipinski definition) is 7. The number of carbonyl (C=O) groups is 1. The van der Waals surface area contributed by atoms with Crippen molar-refractivity contribution in [3.63, 3.8) is 0 Å². The topological polar surface area (TPSA) is 121 Å². The first-order valence-electron chi connectivity index (χ1n) is 11.8. The Morgan fingerprint density at radius 2 is 1.74 bits per heavy atom. The molecule has 0 bridgehead atoms. The molecule has 3 N–H and O–H groups in total. The number of halogens is 2. The SMILES string of the molecule is C=C(C)C(=O)Nc1ccc(-c2c(-c3cc(F)c(Oc4nccc(C)n4)c(F)c3)c3c(N)ncnc3n2C)cc1. The van der Waals surface area contributed by atoms with E-state index in [0.29, 0.717) is 44.8 Å². The van der Waals surface area contributed by atoms with Crippen molar-refractivity contribution in [3.05, 3.63) is 84.5 Å². The number of aromatic nitrogens is 5. The molecule has 196 valence electrons. The molecule has 1 amide bonds. The van der Waals surface area contributed by atoms with Crippen molar-refractivity contribution in [3.8, 4) is 34.1 Å². The van der Waals surface area contributed by atoms with Crippen LogP contribution in [-0.4, -0.2) is 30.4 Å². The number of carbonyl (C=O) groups excluding carboxylic acids is 1. The number of nitrogens with two attached hydrogens (primary N) is 1. The molecule has 0 unspecified atom stereocenters. The summed E-state index contributed by atoms with van der Waals surface area (Å²) in [5.41, 5.74) is 10.1. The molecule has 5 aromatic rings. The fourth-order valence-electron chi connectivity index (χ4n) is 4.21. The molecule has 0 spiro atoms. The molecule has 0 saturated carbocycles. The minimum absolute atomic E-state index is 0.150. The first kappa shape index (κ1) is 25.5. The second-order valence-corrected chi connectivity index (χ2v) is 8.90. The van der Waals surface area contributed by atoms with E-state index in [4.69, 9.17) is 10.5 Å². The molecule has 5 rings (SSSR count). The third-order valence-electron chi connectivity index (χ3n) is 6.05. The molecule has 9 nitrogen and oxygen atoms in total. The Kier molecular flexibility index (Phi) is 6.48. The molecular formula is C28H23F2N7O2. The van der Waals surface area contributed by atoms with Gasteiger partial charge >= 0.3 is 6.01 Å². The van der Waals surface area contributed by atoms with Crippen LogP contribution in [0.5, 0.6) is 11.8 Å². The van der Waals surface area contributed by atoms with E-state index in [0.717, 1.165) is 12.1 Å². The van der Waals surface area contributed by atoms with E-state index in [1.807, 2.05) is 0 Å². The number of amides is 1. The monoisotopic (exact) mass is 527 g/mol. The average molecular weight is 528 g/mol. The Hall–Kier alpha value is -5.19. The Morgan fingerprint density at radius 3 is 2.38 bits per heavy atom. The predicted molar refractivity (Wildman–Crippen MR) is 144 cm³/mol. The molecule has 3 aromatic heterocycles. The van der Waals surface area contributed by atoms with E-state index >= 15 is 8.78 Å². The predicted octanol–water partition coefficient (Wildman–Crippen LogP) is 5.57. The maximum atomic E-state index is 15.3. The lowest BCUT2D eigenvalue weighted by Gasteiger charge is -2.12. The lowest BCUT2D eigenvalue weighted by atomic mass is 9.98. The number of rotatable bonds is 6. The van der Waals surface area contributed by atoms with Gasteiger partial charge in [0.1, 0.15) is 17.8 Å². The zero-order chi connectivity index (χ0) is 27.8. The number of benzene rings is 2. The largest absolute Gasteiger partial charge is 0.418 e. The fourth-order valence-corrected chi connectivity index (χ4v) is 4.21. The van der Waals surface area contributed by atoms with E-state index in [9.17, 15) is 4.79 Å². The summed E-state index contributed by atoms with van der Waals surface area (Å²) in [6, 6.07) is 10.7. The molecule has 11 heteroatoms. The Balaban J connectivity index is 1.65. The Morgan fingerprint density at radius 1 is 1.05 bits per heavy atom. The molecule has 0 radical (unpaired) electrons. The number of fused-ring (bicyclic) bond motifs is 1. The first-order valence-corrected chi connectivity index (χ1v) is 11.8. The van der Waals surface area contributed by atoms with Crippen molar-refractivity contribution >= 4 is 28.4 Å². The van der Waals surface area contributed by atoms with Gasteiger partial charge in [-0.15, -0.1) is 0 Å². The van der Waals surface area contributed by atoms with Gasteiger partial charge in [-0.1, -0.05) is 18.7 Å². The molecule has 39 heavy (non-hydrogen) atoms. The number of nitrogen functional groups attached to an aromatic ring is 1. The van der Waals surface area contributed by atoms with Crippen LogP contribution < -0.4 is 15.8 Å². The highest BCUT2D eigenvalue weighted by Crippen LogP contribution is 2.43. The van der Waals surface area contributed by atoms with Gasteiger partial charge in [0.15, 0.2) is 11.6 Å². The summed E-state index contributed by atoms with van der Waals surface area (Å²) in [5, 5.41) is 3.18. The summed E-state index contributed by atoms with van der Waals surface area (Å²) in [7, 11) is 1.77. The standard InChI is InChI=1S/C28H23F2N7O2/c1-14(2)27(38)36-18-7-5-16(6-8-18)23-21(22-25(31)33-13-34-26(22)37(23)4)17-11-19(29)24(20(30)12-17)39-28-32-10-9-15(3)35-28/h5-13H,1H2,2-4H3,(H,36,38)(H2,31,33,34). The van der Waals surface area contributed by atoms with Gasteiger partial charge in [-0.25, -0.2) is 28.7 Å². The second-order valence-electron chi connectivity index (χ2n) is 8.90. The highest BCUT2D eigenvalue weighted by molar-refractivity contribution is 6.08. The van der Waals surface area contributed by atoms with Gasteiger partial charge in [0.25, 0.3) is 5.91 Å². The van der Waals surface area contributed by atoms with Gasteiger partial charge in [0.05, 0.1) is 11.1 Å². The normalized spacial score (nSPS) is 11.0. The molecular weight excluding hydrogens is 504 g/mol. The molecule has 3 heterocycles. The minimum atomic E-state index is -0.952. The lowest BCUT2D eigenvalue weighted by molar-refractivity contribution is -0.112. The van der Waals surface area contributed by atoms with Crippen molar-refractivity contribution in [1.29, 1.82) is 0 Å². The summed E-state index contributed by atoms with van der Waals surface area (Å²) in [4.78, 5) is 28.4. The summed E-state index contributed by atoms with van der Waals surface area (Å²) >= 11 is 0. The van der Waals surface area contributed by atoms with E-state index in [2.05, 4.69) is 31.8 Å². The first-order chi connectivity index (χ1) is 18.6. The van der Waals surface area contributed by atoms with Crippen LogP contribution in [0, 0.1) is 18.6 Å². The number of anilines is 2. The quantitative estimate of drug-likeness (QED) is 0.277. The molecule has 0 fully saturated rings. The summed E-state index contributed by atoms with van der Waals surface area (Å²) < 4.78 is 37.8. The van der Waals surface area contributed by atoms with Crippen molar-refractivity contribution in [2.45, 2.75) is 13.8 Å². The molecule has 0 saturated heterocycles. The fraction of sp³-hybridized carbons (Fsp3) is 0.107. The summed E-state index contributed by atoms with van der Waals surface area (Å²) in [6.07, 6.45) is 2.75.